The first-order valence-electron chi connectivity index (χ1n) is 12.9. The monoisotopic (exact) mass is 488 g/mol. The van der Waals surface area contributed by atoms with Crippen molar-refractivity contribution in [2.24, 2.45) is 11.8 Å². The second-order valence-electron chi connectivity index (χ2n) is 10.3. The van der Waals surface area contributed by atoms with E-state index in [2.05, 4.69) is 20.0 Å². The molecule has 3 fully saturated rings. The fraction of sp³-hybridized carbons (Fsp3) is 0.692. The standard InChI is InChI=1S/C26H37FN4O2S/c1-33-26(20-5-3-2-4-6-20)11-15-30(16-12-26)21-7-8-22(23(27)17-21)24-28-29-25(34-24)31-13-9-19(18-32)10-14-31/h7-8,17,19-20,32H,2-6,9-16,18H2,1H3. The van der Waals surface area contributed by atoms with E-state index in [0.717, 1.165) is 62.7 Å². The third-order valence-corrected chi connectivity index (χ3v) is 9.49. The van der Waals surface area contributed by atoms with Crippen molar-refractivity contribution < 1.29 is 14.2 Å². The van der Waals surface area contributed by atoms with Crippen LogP contribution in [0.2, 0.25) is 0 Å². The smallest absolute Gasteiger partial charge is 0.208 e. The Labute approximate surface area is 206 Å². The Morgan fingerprint density at radius 2 is 1.76 bits per heavy atom. The van der Waals surface area contributed by atoms with Gasteiger partial charge in [-0.25, -0.2) is 4.39 Å². The second kappa shape index (κ2) is 10.5. The lowest BCUT2D eigenvalue weighted by atomic mass is 9.72. The molecule has 0 unspecified atom stereocenters. The number of benzene rings is 1. The van der Waals surface area contributed by atoms with E-state index >= 15 is 4.39 Å². The van der Waals surface area contributed by atoms with Gasteiger partial charge >= 0.3 is 0 Å². The number of rotatable bonds is 6. The highest BCUT2D eigenvalue weighted by Crippen LogP contribution is 2.42. The number of piperidine rings is 2. The molecule has 0 atom stereocenters. The van der Waals surface area contributed by atoms with E-state index < -0.39 is 0 Å². The normalized spacial score (nSPS) is 22.3. The average molecular weight is 489 g/mol. The maximum atomic E-state index is 15.2. The Morgan fingerprint density at radius 1 is 1.03 bits per heavy atom. The van der Waals surface area contributed by atoms with Gasteiger partial charge in [-0.15, -0.1) is 10.2 Å². The molecule has 34 heavy (non-hydrogen) atoms. The Bertz CT molecular complexity index is 948. The molecule has 186 valence electrons. The lowest BCUT2D eigenvalue weighted by Crippen LogP contribution is -2.50. The van der Waals surface area contributed by atoms with Gasteiger partial charge in [0.25, 0.3) is 0 Å². The van der Waals surface area contributed by atoms with Crippen LogP contribution in [0.5, 0.6) is 0 Å². The molecule has 0 bridgehead atoms. The van der Waals surface area contributed by atoms with Gasteiger partial charge < -0.3 is 19.6 Å². The van der Waals surface area contributed by atoms with Gasteiger partial charge in [0, 0.05) is 51.1 Å². The summed E-state index contributed by atoms with van der Waals surface area (Å²) in [4.78, 5) is 4.49. The molecule has 2 aliphatic heterocycles. The number of methoxy groups -OCH3 is 1. The molecular formula is C26H37FN4O2S. The molecule has 3 aliphatic rings. The van der Waals surface area contributed by atoms with Crippen molar-refractivity contribution in [3.05, 3.63) is 24.0 Å². The molecule has 3 heterocycles. The quantitative estimate of drug-likeness (QED) is 0.609. The minimum Gasteiger partial charge on any atom is -0.396 e. The van der Waals surface area contributed by atoms with Gasteiger partial charge in [0.1, 0.15) is 5.82 Å². The summed E-state index contributed by atoms with van der Waals surface area (Å²) in [7, 11) is 1.88. The van der Waals surface area contributed by atoms with Crippen LogP contribution in [0.4, 0.5) is 15.2 Å². The number of hydrogen-bond acceptors (Lipinski definition) is 7. The van der Waals surface area contributed by atoms with Crippen LogP contribution in [0.3, 0.4) is 0 Å². The molecule has 1 saturated carbocycles. The van der Waals surface area contributed by atoms with E-state index in [1.165, 1.54) is 43.4 Å². The summed E-state index contributed by atoms with van der Waals surface area (Å²) in [5.41, 5.74) is 1.44. The molecule has 2 aromatic rings. The van der Waals surface area contributed by atoms with Crippen LogP contribution in [0, 0.1) is 17.7 Å². The van der Waals surface area contributed by atoms with Gasteiger partial charge in [-0.3, -0.25) is 0 Å². The molecule has 1 aliphatic carbocycles. The van der Waals surface area contributed by atoms with Crippen LogP contribution in [0.15, 0.2) is 18.2 Å². The maximum absolute atomic E-state index is 15.2. The SMILES string of the molecule is COC1(C2CCCCC2)CCN(c2ccc(-c3nnc(N4CCC(CO)CC4)s3)c(F)c2)CC1. The fourth-order valence-corrected chi connectivity index (χ4v) is 7.11. The Morgan fingerprint density at radius 3 is 2.41 bits per heavy atom. The molecule has 0 amide bonds. The molecule has 2 saturated heterocycles. The molecule has 1 N–H and O–H groups in total. The number of nitrogens with zero attached hydrogens (tertiary/aromatic N) is 4. The fourth-order valence-electron chi connectivity index (χ4n) is 6.18. The van der Waals surface area contributed by atoms with Crippen LogP contribution in [-0.4, -0.2) is 60.8 Å². The number of hydrogen-bond donors (Lipinski definition) is 1. The Hall–Kier alpha value is -1.77. The zero-order valence-corrected chi connectivity index (χ0v) is 21.0. The summed E-state index contributed by atoms with van der Waals surface area (Å²) in [6.45, 7) is 3.77. The summed E-state index contributed by atoms with van der Waals surface area (Å²) in [5.74, 6) is 0.795. The summed E-state index contributed by atoms with van der Waals surface area (Å²) in [6, 6.07) is 5.53. The van der Waals surface area contributed by atoms with Gasteiger partial charge in [-0.2, -0.15) is 0 Å². The van der Waals surface area contributed by atoms with Crippen LogP contribution in [0.1, 0.15) is 57.8 Å². The van der Waals surface area contributed by atoms with Gasteiger partial charge in [0.05, 0.1) is 5.60 Å². The van der Waals surface area contributed by atoms with Gasteiger partial charge in [-0.05, 0) is 68.6 Å². The van der Waals surface area contributed by atoms with Crippen LogP contribution < -0.4 is 9.80 Å². The minimum absolute atomic E-state index is 0.00991. The zero-order chi connectivity index (χ0) is 23.5. The van der Waals surface area contributed by atoms with E-state index in [1.54, 1.807) is 6.07 Å². The summed E-state index contributed by atoms with van der Waals surface area (Å²) < 4.78 is 21.3. The van der Waals surface area contributed by atoms with Gasteiger partial charge in [0.2, 0.25) is 5.13 Å². The van der Waals surface area contributed by atoms with Crippen molar-refractivity contribution in [3.63, 3.8) is 0 Å². The first-order chi connectivity index (χ1) is 16.6. The molecule has 8 heteroatoms. The van der Waals surface area contributed by atoms with Crippen molar-refractivity contribution in [1.29, 1.82) is 0 Å². The lowest BCUT2D eigenvalue weighted by molar-refractivity contribution is -0.0856. The van der Waals surface area contributed by atoms with Crippen LogP contribution >= 0.6 is 11.3 Å². The molecule has 5 rings (SSSR count). The van der Waals surface area contributed by atoms with Crippen LogP contribution in [0.25, 0.3) is 10.6 Å². The van der Waals surface area contributed by atoms with Crippen molar-refractivity contribution in [3.8, 4) is 10.6 Å². The van der Waals surface area contributed by atoms with Crippen molar-refractivity contribution in [2.45, 2.75) is 63.4 Å². The predicted octanol–water partition coefficient (Wildman–Crippen LogP) is 5.12. The highest BCUT2D eigenvalue weighted by atomic mass is 32.1. The third-order valence-electron chi connectivity index (χ3n) is 8.47. The predicted molar refractivity (Wildman–Crippen MR) is 135 cm³/mol. The molecular weight excluding hydrogens is 451 g/mol. The second-order valence-corrected chi connectivity index (χ2v) is 11.2. The summed E-state index contributed by atoms with van der Waals surface area (Å²) in [5, 5.41) is 19.4. The van der Waals surface area contributed by atoms with Gasteiger partial charge in [-0.1, -0.05) is 30.6 Å². The maximum Gasteiger partial charge on any atom is 0.208 e. The highest BCUT2D eigenvalue weighted by Gasteiger charge is 2.42. The molecule has 1 aromatic heterocycles. The highest BCUT2D eigenvalue weighted by molar-refractivity contribution is 7.18. The number of aliphatic hydroxyl groups excluding tert-OH is 1. The number of anilines is 2. The Kier molecular flexibility index (Phi) is 7.37. The molecule has 1 aromatic carbocycles. The average Bonchev–Trinajstić information content (AvgIpc) is 3.39. The number of ether oxygens (including phenoxy) is 1. The summed E-state index contributed by atoms with van der Waals surface area (Å²) in [6.07, 6.45) is 10.5. The van der Waals surface area contributed by atoms with E-state index in [1.807, 2.05) is 19.2 Å². The summed E-state index contributed by atoms with van der Waals surface area (Å²) >= 11 is 1.45. The molecule has 6 nitrogen and oxygen atoms in total. The third kappa shape index (κ3) is 4.82. The first-order valence-corrected chi connectivity index (χ1v) is 13.7. The van der Waals surface area contributed by atoms with E-state index in [-0.39, 0.29) is 18.0 Å². The Balaban J connectivity index is 1.24. The lowest BCUT2D eigenvalue weighted by Gasteiger charge is -2.47. The molecule has 0 spiro atoms. The van der Waals surface area contributed by atoms with Crippen molar-refractivity contribution in [2.75, 3.05) is 49.7 Å². The number of aliphatic hydroxyl groups is 1. The number of aromatic nitrogens is 2. The van der Waals surface area contributed by atoms with Crippen LogP contribution in [-0.2, 0) is 4.74 Å². The van der Waals surface area contributed by atoms with E-state index in [0.29, 0.717) is 22.4 Å². The van der Waals surface area contributed by atoms with Crippen molar-refractivity contribution >= 4 is 22.2 Å². The topological polar surface area (TPSA) is 61.7 Å². The molecule has 0 radical (unpaired) electrons. The van der Waals surface area contributed by atoms with Crippen molar-refractivity contribution in [1.82, 2.24) is 10.2 Å². The first kappa shape index (κ1) is 23.9. The largest absolute Gasteiger partial charge is 0.396 e. The van der Waals surface area contributed by atoms with E-state index in [4.69, 9.17) is 4.74 Å². The zero-order valence-electron chi connectivity index (χ0n) is 20.2. The minimum atomic E-state index is -0.241. The number of halogens is 1. The van der Waals surface area contributed by atoms with E-state index in [9.17, 15) is 5.11 Å². The van der Waals surface area contributed by atoms with Gasteiger partial charge in [0.15, 0.2) is 5.01 Å².